The highest BCUT2D eigenvalue weighted by atomic mass is 14.4. The molecule has 57 heavy (non-hydrogen) atoms. The molecule has 0 atom stereocenters. The predicted octanol–water partition coefficient (Wildman–Crippen LogP) is 15.9. The van der Waals surface area contributed by atoms with Gasteiger partial charge in [-0.2, -0.15) is 0 Å². The summed E-state index contributed by atoms with van der Waals surface area (Å²) in [6.45, 7) is 4.75. The molecule has 0 nitrogen and oxygen atoms in total. The van der Waals surface area contributed by atoms with Gasteiger partial charge in [0.25, 0.3) is 0 Å². The lowest BCUT2D eigenvalue weighted by Gasteiger charge is -2.23. The Morgan fingerprint density at radius 3 is 1.56 bits per heavy atom. The molecule has 0 fully saturated rings. The Balaban J connectivity index is 1.01. The maximum atomic E-state index is 2.42. The van der Waals surface area contributed by atoms with E-state index in [0.717, 1.165) is 0 Å². The summed E-state index contributed by atoms with van der Waals surface area (Å²) in [5, 5.41) is 15.4. The Labute approximate surface area is 332 Å². The first-order valence-corrected chi connectivity index (χ1v) is 20.1. The third-order valence-electron chi connectivity index (χ3n) is 13.0. The molecule has 0 bridgehead atoms. The SMILES string of the molecule is CC1(C)c2ccc(-c3ccc(-c4c5ccccc5c(-c5cccc6c5ccc5cc7ccccc7cc56)c5ccccc45)cc3)cc2-c2ccc3ccccc3c21. The van der Waals surface area contributed by atoms with Gasteiger partial charge in [-0.05, 0) is 138 Å². The molecule has 0 spiro atoms. The second-order valence-electron chi connectivity index (χ2n) is 16.4. The third kappa shape index (κ3) is 4.68. The first-order valence-electron chi connectivity index (χ1n) is 20.1. The van der Waals surface area contributed by atoms with E-state index >= 15 is 0 Å². The lowest BCUT2D eigenvalue weighted by Crippen LogP contribution is -2.15. The van der Waals surface area contributed by atoms with Crippen molar-refractivity contribution in [2.24, 2.45) is 0 Å². The van der Waals surface area contributed by atoms with Crippen molar-refractivity contribution in [2.75, 3.05) is 0 Å². The minimum atomic E-state index is -0.0586. The Morgan fingerprint density at radius 2 is 0.842 bits per heavy atom. The van der Waals surface area contributed by atoms with Crippen molar-refractivity contribution >= 4 is 64.6 Å². The molecule has 0 N–H and O–H groups in total. The molecule has 0 aromatic heterocycles. The zero-order valence-electron chi connectivity index (χ0n) is 32.0. The number of fused-ring (bicyclic) bond motifs is 11. The normalized spacial score (nSPS) is 13.2. The fourth-order valence-corrected chi connectivity index (χ4v) is 10.4. The minimum Gasteiger partial charge on any atom is -0.0616 e. The highest BCUT2D eigenvalue weighted by Gasteiger charge is 2.37. The Kier molecular flexibility index (Phi) is 6.78. The summed E-state index contributed by atoms with van der Waals surface area (Å²) in [7, 11) is 0. The van der Waals surface area contributed by atoms with Crippen LogP contribution >= 0.6 is 0 Å². The van der Waals surface area contributed by atoms with E-state index in [0.29, 0.717) is 0 Å². The van der Waals surface area contributed by atoms with Gasteiger partial charge in [0.15, 0.2) is 0 Å². The second-order valence-corrected chi connectivity index (χ2v) is 16.4. The molecule has 1 aliphatic carbocycles. The number of rotatable bonds is 3. The zero-order valence-corrected chi connectivity index (χ0v) is 32.0. The maximum absolute atomic E-state index is 2.42. The third-order valence-corrected chi connectivity index (χ3v) is 13.0. The summed E-state index contributed by atoms with van der Waals surface area (Å²) in [6, 6.07) is 72.7. The highest BCUT2D eigenvalue weighted by molar-refractivity contribution is 6.25. The van der Waals surface area contributed by atoms with E-state index in [-0.39, 0.29) is 5.41 Å². The van der Waals surface area contributed by atoms with Crippen LogP contribution in [0.1, 0.15) is 25.0 Å². The number of hydrogen-bond donors (Lipinski definition) is 0. The molecule has 0 saturated carbocycles. The summed E-state index contributed by atoms with van der Waals surface area (Å²) < 4.78 is 0. The molecular formula is C57H38. The second kappa shape index (κ2) is 12.0. The fourth-order valence-electron chi connectivity index (χ4n) is 10.4. The monoisotopic (exact) mass is 722 g/mol. The van der Waals surface area contributed by atoms with E-state index in [1.54, 1.807) is 0 Å². The van der Waals surface area contributed by atoms with Crippen LogP contribution in [0.25, 0.3) is 109 Å². The molecule has 0 saturated heterocycles. The van der Waals surface area contributed by atoms with Crippen LogP contribution in [0.15, 0.2) is 194 Å². The number of benzene rings is 11. The van der Waals surface area contributed by atoms with Gasteiger partial charge in [0, 0.05) is 5.41 Å². The van der Waals surface area contributed by atoms with E-state index in [4.69, 9.17) is 0 Å². The lowest BCUT2D eigenvalue weighted by atomic mass is 9.80. The van der Waals surface area contributed by atoms with Crippen LogP contribution in [-0.2, 0) is 5.41 Å². The Hall–Kier alpha value is -7.02. The van der Waals surface area contributed by atoms with Gasteiger partial charge in [-0.25, -0.2) is 0 Å². The van der Waals surface area contributed by atoms with E-state index in [2.05, 4.69) is 208 Å². The average molecular weight is 723 g/mol. The van der Waals surface area contributed by atoms with Crippen LogP contribution in [-0.4, -0.2) is 0 Å². The molecule has 0 radical (unpaired) electrons. The Bertz CT molecular complexity index is 3410. The van der Waals surface area contributed by atoms with Gasteiger partial charge < -0.3 is 0 Å². The summed E-state index contributed by atoms with van der Waals surface area (Å²) in [5.41, 5.74) is 13.1. The molecular weight excluding hydrogens is 685 g/mol. The van der Waals surface area contributed by atoms with Gasteiger partial charge in [-0.15, -0.1) is 0 Å². The number of hydrogen-bond acceptors (Lipinski definition) is 0. The molecule has 11 aromatic carbocycles. The minimum absolute atomic E-state index is 0.0586. The summed E-state index contributed by atoms with van der Waals surface area (Å²) in [4.78, 5) is 0. The van der Waals surface area contributed by atoms with E-state index < -0.39 is 0 Å². The van der Waals surface area contributed by atoms with Crippen molar-refractivity contribution in [3.63, 3.8) is 0 Å². The van der Waals surface area contributed by atoms with Crippen molar-refractivity contribution in [1.82, 2.24) is 0 Å². The largest absolute Gasteiger partial charge is 0.0616 e. The summed E-state index contributed by atoms with van der Waals surface area (Å²) >= 11 is 0. The maximum Gasteiger partial charge on any atom is 0.0165 e. The first-order chi connectivity index (χ1) is 28.0. The van der Waals surface area contributed by atoms with Crippen LogP contribution in [0, 0.1) is 0 Å². The van der Waals surface area contributed by atoms with E-state index in [1.165, 1.54) is 120 Å². The molecule has 0 unspecified atom stereocenters. The highest BCUT2D eigenvalue weighted by Crippen LogP contribution is 2.52. The smallest absolute Gasteiger partial charge is 0.0165 e. The zero-order chi connectivity index (χ0) is 37.8. The fraction of sp³-hybridized carbons (Fsp3) is 0.0526. The predicted molar refractivity (Wildman–Crippen MR) is 245 cm³/mol. The molecule has 266 valence electrons. The van der Waals surface area contributed by atoms with Crippen LogP contribution in [0.2, 0.25) is 0 Å². The Morgan fingerprint density at radius 1 is 0.281 bits per heavy atom. The van der Waals surface area contributed by atoms with E-state index in [1.807, 2.05) is 0 Å². The van der Waals surface area contributed by atoms with Gasteiger partial charge in [0.05, 0.1) is 0 Å². The van der Waals surface area contributed by atoms with Gasteiger partial charge in [-0.1, -0.05) is 190 Å². The van der Waals surface area contributed by atoms with Crippen molar-refractivity contribution < 1.29 is 0 Å². The molecule has 12 rings (SSSR count). The topological polar surface area (TPSA) is 0 Å². The van der Waals surface area contributed by atoms with Crippen LogP contribution in [0.3, 0.4) is 0 Å². The average Bonchev–Trinajstić information content (AvgIpc) is 3.50. The summed E-state index contributed by atoms with van der Waals surface area (Å²) in [5.74, 6) is 0. The quantitative estimate of drug-likeness (QED) is 0.126. The van der Waals surface area contributed by atoms with Crippen LogP contribution < -0.4 is 0 Å². The standard InChI is InChI=1S/C57H38/c1-57(2)53-31-28-40(34-52(53)50-30-26-36-12-5-6-15-42(36)56(50)57)35-22-24-37(25-23-35)54-46-16-7-9-18-48(46)55(49-19-10-8-17-47(49)54)45-21-11-20-43-44(45)29-27-41-32-38-13-3-4-14-39(38)33-51(41)43/h3-34H,1-2H3. The van der Waals surface area contributed by atoms with Crippen molar-refractivity contribution in [3.8, 4) is 44.5 Å². The molecule has 0 heteroatoms. The first kappa shape index (κ1) is 32.2. The van der Waals surface area contributed by atoms with Crippen LogP contribution in [0.4, 0.5) is 0 Å². The van der Waals surface area contributed by atoms with Gasteiger partial charge in [-0.3, -0.25) is 0 Å². The van der Waals surface area contributed by atoms with Crippen molar-refractivity contribution in [3.05, 3.63) is 205 Å². The van der Waals surface area contributed by atoms with E-state index in [9.17, 15) is 0 Å². The van der Waals surface area contributed by atoms with Gasteiger partial charge in [0.1, 0.15) is 0 Å². The van der Waals surface area contributed by atoms with Crippen molar-refractivity contribution in [2.45, 2.75) is 19.3 Å². The molecule has 0 amide bonds. The molecule has 0 aliphatic heterocycles. The van der Waals surface area contributed by atoms with Gasteiger partial charge in [0.2, 0.25) is 0 Å². The molecule has 1 aliphatic rings. The van der Waals surface area contributed by atoms with Gasteiger partial charge >= 0.3 is 0 Å². The molecule has 11 aromatic rings. The van der Waals surface area contributed by atoms with Crippen LogP contribution in [0.5, 0.6) is 0 Å². The van der Waals surface area contributed by atoms with Crippen molar-refractivity contribution in [1.29, 1.82) is 0 Å². The molecule has 0 heterocycles. The lowest BCUT2D eigenvalue weighted by molar-refractivity contribution is 0.666. The summed E-state index contributed by atoms with van der Waals surface area (Å²) in [6.07, 6.45) is 0.